The number of carbonyl (C=O) groups excluding carboxylic acids is 1. The van der Waals surface area contributed by atoms with Gasteiger partial charge in [-0.25, -0.2) is 14.4 Å². The molecule has 0 bridgehead atoms. The van der Waals surface area contributed by atoms with Gasteiger partial charge in [-0.3, -0.25) is 9.69 Å². The van der Waals surface area contributed by atoms with E-state index in [4.69, 9.17) is 10.2 Å². The molecule has 1 amide bonds. The summed E-state index contributed by atoms with van der Waals surface area (Å²) in [4.78, 5) is 27.8. The van der Waals surface area contributed by atoms with E-state index in [1.54, 1.807) is 18.2 Å². The Labute approximate surface area is 183 Å². The zero-order valence-electron chi connectivity index (χ0n) is 18.4. The van der Waals surface area contributed by atoms with E-state index in [1.807, 2.05) is 19.1 Å². The van der Waals surface area contributed by atoms with Gasteiger partial charge in [0.25, 0.3) is 0 Å². The zero-order valence-corrected chi connectivity index (χ0v) is 18.4. The third-order valence-corrected chi connectivity index (χ3v) is 5.32. The van der Waals surface area contributed by atoms with Gasteiger partial charge in [0.15, 0.2) is 0 Å². The summed E-state index contributed by atoms with van der Waals surface area (Å²) in [5.74, 6) is 1.36. The minimum atomic E-state index is -0.460. The monoisotopic (exact) mass is 424 g/mol. The maximum atomic E-state index is 14.3. The summed E-state index contributed by atoms with van der Waals surface area (Å²) in [6.45, 7) is 9.40. The van der Waals surface area contributed by atoms with Gasteiger partial charge in [0.2, 0.25) is 5.91 Å². The molecule has 2 aromatic rings. The van der Waals surface area contributed by atoms with Crippen molar-refractivity contribution in [1.82, 2.24) is 14.9 Å². The van der Waals surface area contributed by atoms with Crippen LogP contribution >= 0.6 is 0 Å². The van der Waals surface area contributed by atoms with Crippen LogP contribution in [-0.2, 0) is 4.79 Å². The molecule has 1 aromatic carbocycles. The lowest BCUT2D eigenvalue weighted by molar-refractivity contribution is -0.119. The summed E-state index contributed by atoms with van der Waals surface area (Å²) in [7, 11) is 0. The van der Waals surface area contributed by atoms with Gasteiger partial charge in [-0.2, -0.15) is 5.26 Å². The molecule has 0 radical (unpaired) electrons. The van der Waals surface area contributed by atoms with Crippen LogP contribution in [-0.4, -0.2) is 60.0 Å². The maximum Gasteiger partial charge on any atom is 0.241 e. The molecular formula is C23H29FN6O. The highest BCUT2D eigenvalue weighted by molar-refractivity contribution is 5.95. The second-order valence-electron chi connectivity index (χ2n) is 8.05. The first-order valence-electron chi connectivity index (χ1n) is 10.6. The third-order valence-electron chi connectivity index (χ3n) is 5.32. The van der Waals surface area contributed by atoms with Crippen molar-refractivity contribution < 1.29 is 9.18 Å². The number of aromatic nitrogens is 2. The molecule has 0 unspecified atom stereocenters. The van der Waals surface area contributed by atoms with Crippen molar-refractivity contribution in [2.24, 2.45) is 0 Å². The molecule has 1 aromatic heterocycles. The van der Waals surface area contributed by atoms with E-state index in [1.165, 1.54) is 11.0 Å². The van der Waals surface area contributed by atoms with Crippen LogP contribution in [0.5, 0.6) is 0 Å². The highest BCUT2D eigenvalue weighted by Crippen LogP contribution is 2.21. The number of halogens is 1. The molecule has 7 nitrogen and oxygen atoms in total. The SMILES string of the molecule is Cc1cc(N2CCN(CC(=O)N(CCC#N)c3ccccc3F)CC2)nc(C(C)C)n1. The van der Waals surface area contributed by atoms with Gasteiger partial charge in [-0.1, -0.05) is 26.0 Å². The first kappa shape index (κ1) is 22.6. The average Bonchev–Trinajstić information content (AvgIpc) is 2.75. The molecule has 0 spiro atoms. The fourth-order valence-corrected chi connectivity index (χ4v) is 3.62. The van der Waals surface area contributed by atoms with Crippen LogP contribution in [0.25, 0.3) is 0 Å². The number of benzene rings is 1. The van der Waals surface area contributed by atoms with Crippen LogP contribution in [0.2, 0.25) is 0 Å². The molecule has 0 N–H and O–H groups in total. The molecule has 31 heavy (non-hydrogen) atoms. The normalized spacial score (nSPS) is 14.5. The Balaban J connectivity index is 1.64. The second kappa shape index (κ2) is 10.3. The van der Waals surface area contributed by atoms with E-state index in [9.17, 15) is 9.18 Å². The number of aryl methyl sites for hydroxylation is 1. The number of carbonyl (C=O) groups is 1. The summed E-state index contributed by atoms with van der Waals surface area (Å²) in [5, 5.41) is 8.94. The smallest absolute Gasteiger partial charge is 0.241 e. The zero-order chi connectivity index (χ0) is 22.4. The number of anilines is 2. The predicted molar refractivity (Wildman–Crippen MR) is 118 cm³/mol. The summed E-state index contributed by atoms with van der Waals surface area (Å²) >= 11 is 0. The summed E-state index contributed by atoms with van der Waals surface area (Å²) in [6.07, 6.45) is 0.152. The van der Waals surface area contributed by atoms with E-state index >= 15 is 0 Å². The number of nitriles is 1. The van der Waals surface area contributed by atoms with Crippen LogP contribution in [0.3, 0.4) is 0 Å². The number of amides is 1. The summed E-state index contributed by atoms with van der Waals surface area (Å²) < 4.78 is 14.3. The van der Waals surface area contributed by atoms with Gasteiger partial charge in [0, 0.05) is 50.4 Å². The average molecular weight is 425 g/mol. The first-order chi connectivity index (χ1) is 14.9. The van der Waals surface area contributed by atoms with Crippen molar-refractivity contribution in [1.29, 1.82) is 5.26 Å². The van der Waals surface area contributed by atoms with Crippen LogP contribution in [0.4, 0.5) is 15.9 Å². The topological polar surface area (TPSA) is 76.4 Å². The lowest BCUT2D eigenvalue weighted by atomic mass is 10.2. The molecule has 1 aliphatic rings. The van der Waals surface area contributed by atoms with Gasteiger partial charge >= 0.3 is 0 Å². The lowest BCUT2D eigenvalue weighted by Crippen LogP contribution is -2.50. The van der Waals surface area contributed by atoms with Crippen LogP contribution < -0.4 is 9.80 Å². The van der Waals surface area contributed by atoms with E-state index in [0.717, 1.165) is 30.4 Å². The van der Waals surface area contributed by atoms with Gasteiger partial charge in [0.1, 0.15) is 17.5 Å². The van der Waals surface area contributed by atoms with E-state index in [0.29, 0.717) is 13.1 Å². The molecule has 164 valence electrons. The van der Waals surface area contributed by atoms with Gasteiger partial charge < -0.3 is 9.80 Å². The Bertz CT molecular complexity index is 949. The third kappa shape index (κ3) is 5.76. The molecule has 1 fully saturated rings. The van der Waals surface area contributed by atoms with Crippen molar-refractivity contribution in [2.45, 2.75) is 33.1 Å². The Hall–Kier alpha value is -3.05. The maximum absolute atomic E-state index is 14.3. The molecule has 2 heterocycles. The number of rotatable bonds is 7. The molecule has 0 aliphatic carbocycles. The van der Waals surface area contributed by atoms with Crippen molar-refractivity contribution >= 4 is 17.4 Å². The number of hydrogen-bond acceptors (Lipinski definition) is 6. The minimum absolute atomic E-state index is 0.152. The molecule has 3 rings (SSSR count). The molecular weight excluding hydrogens is 395 g/mol. The predicted octanol–water partition coefficient (Wildman–Crippen LogP) is 3.12. The summed E-state index contributed by atoms with van der Waals surface area (Å²) in [6, 6.07) is 10.2. The number of para-hydroxylation sites is 1. The largest absolute Gasteiger partial charge is 0.354 e. The quantitative estimate of drug-likeness (QED) is 0.680. The highest BCUT2D eigenvalue weighted by atomic mass is 19.1. The Kier molecular flexibility index (Phi) is 7.53. The highest BCUT2D eigenvalue weighted by Gasteiger charge is 2.25. The van der Waals surface area contributed by atoms with E-state index in [-0.39, 0.29) is 37.0 Å². The fourth-order valence-electron chi connectivity index (χ4n) is 3.62. The molecule has 0 saturated carbocycles. The Morgan fingerprint density at radius 1 is 1.23 bits per heavy atom. The number of nitrogens with zero attached hydrogens (tertiary/aromatic N) is 6. The second-order valence-corrected chi connectivity index (χ2v) is 8.05. The molecule has 8 heteroatoms. The number of hydrogen-bond donors (Lipinski definition) is 0. The van der Waals surface area contributed by atoms with Gasteiger partial charge in [-0.15, -0.1) is 0 Å². The van der Waals surface area contributed by atoms with Crippen molar-refractivity contribution in [3.05, 3.63) is 47.7 Å². The van der Waals surface area contributed by atoms with Crippen molar-refractivity contribution in [3.63, 3.8) is 0 Å². The molecule has 1 aliphatic heterocycles. The van der Waals surface area contributed by atoms with Gasteiger partial charge in [-0.05, 0) is 19.1 Å². The fraction of sp³-hybridized carbons (Fsp3) is 0.478. The molecule has 1 saturated heterocycles. The van der Waals surface area contributed by atoms with Crippen molar-refractivity contribution in [2.75, 3.05) is 49.1 Å². The van der Waals surface area contributed by atoms with E-state index in [2.05, 4.69) is 28.6 Å². The Morgan fingerprint density at radius 3 is 2.58 bits per heavy atom. The van der Waals surface area contributed by atoms with Crippen LogP contribution in [0.1, 0.15) is 37.7 Å². The minimum Gasteiger partial charge on any atom is -0.354 e. The Morgan fingerprint density at radius 2 is 1.94 bits per heavy atom. The lowest BCUT2D eigenvalue weighted by Gasteiger charge is -2.36. The summed E-state index contributed by atoms with van der Waals surface area (Å²) in [5.41, 5.74) is 1.17. The number of piperazine rings is 1. The standard InChI is InChI=1S/C23H29FN6O/c1-17(2)23-26-18(3)15-21(27-23)29-13-11-28(12-14-29)16-22(31)30(10-6-9-25)20-8-5-4-7-19(20)24/h4-5,7-8,15,17H,6,10-14,16H2,1-3H3. The van der Waals surface area contributed by atoms with Crippen LogP contribution in [0.15, 0.2) is 30.3 Å². The van der Waals surface area contributed by atoms with Crippen molar-refractivity contribution in [3.8, 4) is 6.07 Å². The van der Waals surface area contributed by atoms with Gasteiger partial charge in [0.05, 0.1) is 24.7 Å². The molecule has 0 atom stereocenters. The van der Waals surface area contributed by atoms with Crippen LogP contribution in [0, 0.1) is 24.1 Å². The van der Waals surface area contributed by atoms with E-state index < -0.39 is 5.82 Å². The first-order valence-corrected chi connectivity index (χ1v) is 10.6.